The maximum absolute atomic E-state index is 9.43. The summed E-state index contributed by atoms with van der Waals surface area (Å²) in [5, 5.41) is 13.8. The molecule has 6 nitrogen and oxygen atoms in total. The average molecular weight is 1260 g/mol. The van der Waals surface area contributed by atoms with Crippen LogP contribution in [-0.4, -0.2) is 81.8 Å². The Bertz CT molecular complexity index is 2990. The van der Waals surface area contributed by atoms with Gasteiger partial charge in [0, 0.05) is 93.2 Å². The number of carbonyl (C=O) groups excluding carboxylic acids is 1. The first-order valence-electron chi connectivity index (χ1n) is 29.0. The molecule has 0 saturated heterocycles. The summed E-state index contributed by atoms with van der Waals surface area (Å²) in [6.07, 6.45) is 8.51. The van der Waals surface area contributed by atoms with E-state index in [1.165, 1.54) is 137 Å². The van der Waals surface area contributed by atoms with Gasteiger partial charge in [0.05, 0.1) is 0 Å². The van der Waals surface area contributed by atoms with Crippen LogP contribution in [0.25, 0.3) is 32.7 Å². The zero-order valence-electron chi connectivity index (χ0n) is 52.4. The van der Waals surface area contributed by atoms with Crippen LogP contribution < -0.4 is 76.2 Å². The van der Waals surface area contributed by atoms with E-state index in [-0.39, 0.29) is 44.3 Å². The Hall–Kier alpha value is -4.99. The van der Waals surface area contributed by atoms with Crippen LogP contribution in [-0.2, 0) is 75.6 Å². The number of anilines is 4. The molecule has 8 aromatic rings. The van der Waals surface area contributed by atoms with Gasteiger partial charge in [-0.1, -0.05) is 128 Å². The minimum absolute atomic E-state index is 0. The zero-order valence-corrected chi connectivity index (χ0v) is 57.5. The average Bonchev–Trinajstić information content (AvgIpc) is 2.88. The fourth-order valence-corrected chi connectivity index (χ4v) is 17.6. The third-order valence-corrected chi connectivity index (χ3v) is 20.4. The summed E-state index contributed by atoms with van der Waals surface area (Å²) in [6.45, 7) is 18.7. The molecular formula is C71H91Cl2N5OP2Ru. The van der Waals surface area contributed by atoms with Gasteiger partial charge < -0.3 is 49.3 Å². The van der Waals surface area contributed by atoms with Crippen LogP contribution in [0.5, 0.6) is 0 Å². The van der Waals surface area contributed by atoms with Crippen molar-refractivity contribution >= 4 is 98.4 Å². The third kappa shape index (κ3) is 14.4. The molecule has 0 spiro atoms. The Morgan fingerprint density at radius 2 is 0.549 bits per heavy atom. The minimum Gasteiger partial charge on any atom is -1.00 e. The molecule has 8 rings (SSSR count). The summed E-state index contributed by atoms with van der Waals surface area (Å²) < 4.78 is 0. The SMILES string of the molecule is CCc1cc(P(c2cc(CC)c(N(C)C)c(CC)c2)c2ccc3ccccc3c2-c2c(P(c3cc(CC)c(N(C)C)c(CC)c3)c3cc(CC)c(N(C)C)c(CC)c3)ccc3ccccc23)cc(CC)c1N(C)C.CN(C)C=O.[Cl-].[Cl-].[Ru+2]. The first-order chi connectivity index (χ1) is 37.9. The van der Waals surface area contributed by atoms with Gasteiger partial charge in [-0.2, -0.15) is 0 Å². The van der Waals surface area contributed by atoms with E-state index in [0.29, 0.717) is 0 Å². The van der Waals surface area contributed by atoms with Gasteiger partial charge in [0.1, 0.15) is 0 Å². The smallest absolute Gasteiger partial charge is 1.00 e. The number of nitrogens with zero attached hydrogens (tertiary/aromatic N) is 5. The molecule has 0 bridgehead atoms. The van der Waals surface area contributed by atoms with Crippen molar-refractivity contribution in [2.75, 3.05) is 90.1 Å². The van der Waals surface area contributed by atoms with Gasteiger partial charge in [0.15, 0.2) is 0 Å². The summed E-state index contributed by atoms with van der Waals surface area (Å²) >= 11 is 0. The van der Waals surface area contributed by atoms with Crippen LogP contribution >= 0.6 is 15.8 Å². The number of benzene rings is 8. The molecule has 0 saturated carbocycles. The molecule has 0 aromatic heterocycles. The maximum Gasteiger partial charge on any atom is 2.00 e. The van der Waals surface area contributed by atoms with E-state index >= 15 is 0 Å². The molecule has 0 N–H and O–H groups in total. The van der Waals surface area contributed by atoms with Crippen molar-refractivity contribution < 1.29 is 49.1 Å². The van der Waals surface area contributed by atoms with Crippen molar-refractivity contribution in [2.24, 2.45) is 0 Å². The molecule has 8 aromatic carbocycles. The number of rotatable bonds is 20. The second-order valence-corrected chi connectivity index (χ2v) is 26.3. The second kappa shape index (κ2) is 31.2. The van der Waals surface area contributed by atoms with E-state index < -0.39 is 15.8 Å². The van der Waals surface area contributed by atoms with Gasteiger partial charge in [-0.15, -0.1) is 0 Å². The predicted octanol–water partition coefficient (Wildman–Crippen LogP) is 7.65. The van der Waals surface area contributed by atoms with Crippen molar-refractivity contribution in [3.63, 3.8) is 0 Å². The van der Waals surface area contributed by atoms with E-state index in [2.05, 4.69) is 253 Å². The first kappa shape index (κ1) is 69.5. The first-order valence-corrected chi connectivity index (χ1v) is 31.7. The fourth-order valence-electron chi connectivity index (χ4n) is 12.2. The van der Waals surface area contributed by atoms with Crippen LogP contribution in [0.4, 0.5) is 22.7 Å². The van der Waals surface area contributed by atoms with Crippen molar-refractivity contribution in [1.82, 2.24) is 4.90 Å². The van der Waals surface area contributed by atoms with E-state index in [0.717, 1.165) is 57.8 Å². The summed E-state index contributed by atoms with van der Waals surface area (Å²) in [5.41, 5.74) is 19.6. The molecule has 0 fully saturated rings. The number of halogens is 2. The Kier molecular flexibility index (Phi) is 26.5. The number of fused-ring (bicyclic) bond motifs is 2. The molecule has 0 radical (unpaired) electrons. The number of hydrogen-bond donors (Lipinski definition) is 0. The monoisotopic (exact) mass is 1260 g/mol. The van der Waals surface area contributed by atoms with E-state index in [9.17, 15) is 4.79 Å². The van der Waals surface area contributed by atoms with Crippen LogP contribution in [0.15, 0.2) is 121 Å². The number of carbonyl (C=O) groups is 1. The van der Waals surface area contributed by atoms with Crippen LogP contribution in [0.1, 0.15) is 99.9 Å². The largest absolute Gasteiger partial charge is 2.00 e. The van der Waals surface area contributed by atoms with E-state index in [1.54, 1.807) is 14.1 Å². The molecule has 1 amide bonds. The minimum atomic E-state index is -1.11. The van der Waals surface area contributed by atoms with Gasteiger partial charge in [-0.3, -0.25) is 4.79 Å². The molecule has 438 valence electrons. The van der Waals surface area contributed by atoms with Crippen molar-refractivity contribution in [3.8, 4) is 11.1 Å². The van der Waals surface area contributed by atoms with Crippen molar-refractivity contribution in [1.29, 1.82) is 0 Å². The molecule has 0 aliphatic rings. The predicted molar refractivity (Wildman–Crippen MR) is 356 cm³/mol. The van der Waals surface area contributed by atoms with Crippen LogP contribution in [0, 0.1) is 0 Å². The summed E-state index contributed by atoms with van der Waals surface area (Å²) in [4.78, 5) is 20.3. The standard InChI is InChI=1S/C68H84N4P2.C3H7NO.2ClH.Ru/c1-17-45-37-55(38-46(18-2)65(45)69(9)10)73(56-39-47(19-3)66(70(11)12)48(20-4)40-56)61-35-33-53-29-25-27-31-59(53)63(61)64-60-32-28-26-30-54(60)34-36-62(64)74(57-41-49(21-5)67(71(13)14)50(22-6)42-57)58-43-51(23-7)68(72(15)16)52(24-8)44-58;1-4(2)3-5;;;/h25-44H,17-24H2,1-16H3;3H,1-2H3;2*1H;/q;;;;+2/p-2. The van der Waals surface area contributed by atoms with Crippen LogP contribution in [0.3, 0.4) is 0 Å². The molecule has 0 aliphatic carbocycles. The van der Waals surface area contributed by atoms with E-state index in [1.807, 2.05) is 0 Å². The number of aryl methyl sites for hydroxylation is 8. The normalized spacial score (nSPS) is 10.9. The van der Waals surface area contributed by atoms with Gasteiger partial charge in [0.2, 0.25) is 6.41 Å². The maximum atomic E-state index is 9.43. The molecule has 11 heteroatoms. The third-order valence-electron chi connectivity index (χ3n) is 15.6. The Labute approximate surface area is 522 Å². The Morgan fingerprint density at radius 3 is 0.732 bits per heavy atom. The topological polar surface area (TPSA) is 33.3 Å². The van der Waals surface area contributed by atoms with Gasteiger partial charge in [-0.25, -0.2) is 0 Å². The quantitative estimate of drug-likeness (QED) is 0.0446. The molecule has 0 aliphatic heterocycles. The summed E-state index contributed by atoms with van der Waals surface area (Å²) in [6, 6.07) is 49.3. The molecule has 0 unspecified atom stereocenters. The molecular weight excluding hydrogens is 1170 g/mol. The van der Waals surface area contributed by atoms with E-state index in [4.69, 9.17) is 0 Å². The molecule has 0 heterocycles. The van der Waals surface area contributed by atoms with Crippen molar-refractivity contribution in [3.05, 3.63) is 166 Å². The van der Waals surface area contributed by atoms with Gasteiger partial charge in [0.25, 0.3) is 0 Å². The molecule has 0 atom stereocenters. The van der Waals surface area contributed by atoms with Crippen LogP contribution in [0.2, 0.25) is 0 Å². The second-order valence-electron chi connectivity index (χ2n) is 22.0. The number of amides is 1. The molecule has 82 heavy (non-hydrogen) atoms. The van der Waals surface area contributed by atoms with Gasteiger partial charge in [-0.05, 0) is 225 Å². The van der Waals surface area contributed by atoms with Crippen molar-refractivity contribution in [2.45, 2.75) is 107 Å². The fraction of sp³-hybridized carbons (Fsp3) is 0.366. The zero-order chi connectivity index (χ0) is 57.4. The number of hydrogen-bond acceptors (Lipinski definition) is 5. The Balaban J connectivity index is 0.00000173. The summed E-state index contributed by atoms with van der Waals surface area (Å²) in [5.74, 6) is 0. The summed E-state index contributed by atoms with van der Waals surface area (Å²) in [7, 11) is 18.9. The Morgan fingerprint density at radius 1 is 0.341 bits per heavy atom. The van der Waals surface area contributed by atoms with Gasteiger partial charge >= 0.3 is 19.5 Å².